The smallest absolute Gasteiger partial charge is 0.118 e. The van der Waals surface area contributed by atoms with Gasteiger partial charge in [-0.15, -0.1) is 0 Å². The van der Waals surface area contributed by atoms with Crippen LogP contribution in [0.15, 0.2) is 12.1 Å². The number of alkyl halides is 1. The third-order valence-corrected chi connectivity index (χ3v) is 3.67. The second-order valence-electron chi connectivity index (χ2n) is 4.77. The van der Waals surface area contributed by atoms with E-state index in [-0.39, 0.29) is 5.92 Å². The summed E-state index contributed by atoms with van der Waals surface area (Å²) in [4.78, 5) is 0. The predicted octanol–water partition coefficient (Wildman–Crippen LogP) is 3.69. The van der Waals surface area contributed by atoms with E-state index in [1.807, 2.05) is 6.92 Å². The van der Waals surface area contributed by atoms with Crippen LogP contribution in [0.1, 0.15) is 42.0 Å². The molecular formula is C13H17F. The molecule has 1 heteroatoms. The summed E-state index contributed by atoms with van der Waals surface area (Å²) in [7, 11) is 0. The molecule has 0 heterocycles. The minimum atomic E-state index is -1.06. The van der Waals surface area contributed by atoms with Gasteiger partial charge < -0.3 is 0 Å². The van der Waals surface area contributed by atoms with E-state index in [2.05, 4.69) is 26.0 Å². The molecule has 0 bridgehead atoms. The second kappa shape index (κ2) is 2.82. The van der Waals surface area contributed by atoms with E-state index in [1.54, 1.807) is 6.92 Å². The summed E-state index contributed by atoms with van der Waals surface area (Å²) in [5.41, 5.74) is 3.90. The van der Waals surface area contributed by atoms with Crippen LogP contribution in [0, 0.1) is 13.8 Å². The molecule has 2 rings (SSSR count). The van der Waals surface area contributed by atoms with E-state index in [9.17, 15) is 4.39 Å². The van der Waals surface area contributed by atoms with Gasteiger partial charge in [0, 0.05) is 12.3 Å². The van der Waals surface area contributed by atoms with Crippen LogP contribution >= 0.6 is 0 Å². The van der Waals surface area contributed by atoms with Gasteiger partial charge in [-0.25, -0.2) is 4.39 Å². The standard InChI is InChI=1S/C13H17F/c1-8-5-6-9(2)12-10(3)13(4,14)7-11(8)12/h5-6,10H,7H2,1-4H3. The zero-order valence-corrected chi connectivity index (χ0v) is 9.32. The van der Waals surface area contributed by atoms with Crippen LogP contribution in [-0.4, -0.2) is 5.67 Å². The Balaban J connectivity index is 2.64. The number of hydrogen-bond donors (Lipinski definition) is 0. The molecule has 0 aromatic heterocycles. The lowest BCUT2D eigenvalue weighted by atomic mass is 9.91. The molecule has 0 fully saturated rings. The van der Waals surface area contributed by atoms with Gasteiger partial charge in [-0.1, -0.05) is 19.1 Å². The minimum absolute atomic E-state index is 0.0393. The fourth-order valence-corrected chi connectivity index (χ4v) is 2.53. The summed E-state index contributed by atoms with van der Waals surface area (Å²) in [6.45, 7) is 7.87. The number of halogens is 1. The zero-order valence-electron chi connectivity index (χ0n) is 9.32. The number of benzene rings is 1. The Morgan fingerprint density at radius 1 is 1.29 bits per heavy atom. The van der Waals surface area contributed by atoms with Gasteiger partial charge in [-0.2, -0.15) is 0 Å². The molecule has 0 spiro atoms. The van der Waals surface area contributed by atoms with Crippen LogP contribution in [-0.2, 0) is 6.42 Å². The van der Waals surface area contributed by atoms with Crippen LogP contribution in [0.5, 0.6) is 0 Å². The van der Waals surface area contributed by atoms with E-state index in [1.165, 1.54) is 22.3 Å². The first-order chi connectivity index (χ1) is 6.43. The highest BCUT2D eigenvalue weighted by atomic mass is 19.1. The monoisotopic (exact) mass is 192 g/mol. The SMILES string of the molecule is Cc1ccc(C)c2c1CC(C)(F)C2C. The maximum Gasteiger partial charge on any atom is 0.118 e. The van der Waals surface area contributed by atoms with Crippen molar-refractivity contribution in [2.75, 3.05) is 0 Å². The molecule has 1 aliphatic rings. The van der Waals surface area contributed by atoms with Crippen molar-refractivity contribution in [2.24, 2.45) is 0 Å². The molecule has 1 aromatic carbocycles. The number of fused-ring (bicyclic) bond motifs is 1. The fourth-order valence-electron chi connectivity index (χ4n) is 2.53. The zero-order chi connectivity index (χ0) is 10.5. The minimum Gasteiger partial charge on any atom is -0.243 e. The predicted molar refractivity (Wildman–Crippen MR) is 57.5 cm³/mol. The lowest BCUT2D eigenvalue weighted by molar-refractivity contribution is 0.172. The Kier molecular flexibility index (Phi) is 1.95. The van der Waals surface area contributed by atoms with Crippen molar-refractivity contribution in [2.45, 2.75) is 45.7 Å². The Morgan fingerprint density at radius 2 is 1.86 bits per heavy atom. The lowest BCUT2D eigenvalue weighted by Crippen LogP contribution is -2.21. The van der Waals surface area contributed by atoms with E-state index < -0.39 is 5.67 Å². The Hall–Kier alpha value is -0.850. The largest absolute Gasteiger partial charge is 0.243 e. The molecule has 0 N–H and O–H groups in total. The summed E-state index contributed by atoms with van der Waals surface area (Å²) in [6.07, 6.45) is 0.580. The van der Waals surface area contributed by atoms with Crippen molar-refractivity contribution in [1.82, 2.24) is 0 Å². The van der Waals surface area contributed by atoms with Gasteiger partial charge in [0.2, 0.25) is 0 Å². The van der Waals surface area contributed by atoms with Gasteiger partial charge in [0.15, 0.2) is 0 Å². The molecule has 0 saturated heterocycles. The van der Waals surface area contributed by atoms with Crippen molar-refractivity contribution >= 4 is 0 Å². The first-order valence-electron chi connectivity index (χ1n) is 5.21. The molecule has 76 valence electrons. The highest BCUT2D eigenvalue weighted by molar-refractivity contribution is 5.48. The first-order valence-corrected chi connectivity index (χ1v) is 5.21. The number of hydrogen-bond acceptors (Lipinski definition) is 0. The van der Waals surface area contributed by atoms with Gasteiger partial charge >= 0.3 is 0 Å². The molecule has 2 unspecified atom stereocenters. The third-order valence-electron chi connectivity index (χ3n) is 3.67. The molecule has 0 amide bonds. The average molecular weight is 192 g/mol. The number of aryl methyl sites for hydroxylation is 2. The molecule has 2 atom stereocenters. The van der Waals surface area contributed by atoms with Crippen molar-refractivity contribution in [3.63, 3.8) is 0 Å². The van der Waals surface area contributed by atoms with E-state index in [4.69, 9.17) is 0 Å². The Morgan fingerprint density at radius 3 is 2.43 bits per heavy atom. The third kappa shape index (κ3) is 1.18. The van der Waals surface area contributed by atoms with Crippen molar-refractivity contribution < 1.29 is 4.39 Å². The molecule has 1 aliphatic carbocycles. The van der Waals surface area contributed by atoms with E-state index in [0.717, 1.165) is 0 Å². The summed E-state index contributed by atoms with van der Waals surface area (Å²) in [5, 5.41) is 0. The highest BCUT2D eigenvalue weighted by Gasteiger charge is 2.41. The second-order valence-corrected chi connectivity index (χ2v) is 4.77. The van der Waals surface area contributed by atoms with Crippen LogP contribution < -0.4 is 0 Å². The van der Waals surface area contributed by atoms with Gasteiger partial charge in [0.25, 0.3) is 0 Å². The molecule has 0 nitrogen and oxygen atoms in total. The van der Waals surface area contributed by atoms with Crippen molar-refractivity contribution in [3.8, 4) is 0 Å². The van der Waals surface area contributed by atoms with Gasteiger partial charge in [0.05, 0.1) is 0 Å². The lowest BCUT2D eigenvalue weighted by Gasteiger charge is -2.19. The summed E-state index contributed by atoms with van der Waals surface area (Å²) < 4.78 is 14.2. The molecule has 0 radical (unpaired) electrons. The maximum absolute atomic E-state index is 14.2. The van der Waals surface area contributed by atoms with Gasteiger partial charge in [0.1, 0.15) is 5.67 Å². The van der Waals surface area contributed by atoms with E-state index in [0.29, 0.717) is 6.42 Å². The molecule has 14 heavy (non-hydrogen) atoms. The fraction of sp³-hybridized carbons (Fsp3) is 0.538. The highest BCUT2D eigenvalue weighted by Crippen LogP contribution is 2.45. The summed E-state index contributed by atoms with van der Waals surface area (Å²) in [5.74, 6) is 0.0393. The van der Waals surface area contributed by atoms with Crippen LogP contribution in [0.4, 0.5) is 4.39 Å². The van der Waals surface area contributed by atoms with Crippen LogP contribution in [0.3, 0.4) is 0 Å². The summed E-state index contributed by atoms with van der Waals surface area (Å²) in [6, 6.07) is 4.20. The van der Waals surface area contributed by atoms with Crippen LogP contribution in [0.25, 0.3) is 0 Å². The molecule has 1 aromatic rings. The van der Waals surface area contributed by atoms with Crippen molar-refractivity contribution in [1.29, 1.82) is 0 Å². The van der Waals surface area contributed by atoms with Crippen molar-refractivity contribution in [3.05, 3.63) is 34.4 Å². The van der Waals surface area contributed by atoms with E-state index >= 15 is 0 Å². The molecule has 0 aliphatic heterocycles. The van der Waals surface area contributed by atoms with Gasteiger partial charge in [-0.05, 0) is 43.0 Å². The van der Waals surface area contributed by atoms with Crippen LogP contribution in [0.2, 0.25) is 0 Å². The van der Waals surface area contributed by atoms with Gasteiger partial charge in [-0.3, -0.25) is 0 Å². The summed E-state index contributed by atoms with van der Waals surface area (Å²) >= 11 is 0. The number of rotatable bonds is 0. The Bertz CT molecular complexity index is 377. The maximum atomic E-state index is 14.2. The molecular weight excluding hydrogens is 175 g/mol. The average Bonchev–Trinajstić information content (AvgIpc) is 2.33. The quantitative estimate of drug-likeness (QED) is 0.588. The Labute approximate surface area is 85.1 Å². The normalized spacial score (nSPS) is 30.5. The topological polar surface area (TPSA) is 0 Å². The first kappa shape index (κ1) is 9.70. The molecule has 0 saturated carbocycles.